The number of nitrogens with zero attached hydrogens (tertiary/aromatic N) is 3. The standard InChI is InChI=1S/C11H17N5O2/c1-4-5-16-9-8(10(17)14-11(16)18)12-7(13-9)6-15(2)3/h4-6H2,1-3H3,(H,12,13)(H,14,17,18). The first-order valence-corrected chi connectivity index (χ1v) is 5.89. The Labute approximate surface area is 103 Å². The molecule has 0 saturated heterocycles. The van der Waals surface area contributed by atoms with Crippen LogP contribution in [0.25, 0.3) is 11.2 Å². The van der Waals surface area contributed by atoms with Crippen molar-refractivity contribution in [3.8, 4) is 0 Å². The largest absolute Gasteiger partial charge is 0.335 e. The Hall–Kier alpha value is -1.89. The Morgan fingerprint density at radius 1 is 1.28 bits per heavy atom. The van der Waals surface area contributed by atoms with Gasteiger partial charge in [-0.2, -0.15) is 0 Å². The van der Waals surface area contributed by atoms with Gasteiger partial charge in [-0.15, -0.1) is 0 Å². The first-order chi connectivity index (χ1) is 8.52. The number of aryl methyl sites for hydroxylation is 1. The highest BCUT2D eigenvalue weighted by Crippen LogP contribution is 2.06. The van der Waals surface area contributed by atoms with Gasteiger partial charge < -0.3 is 9.88 Å². The second kappa shape index (κ2) is 4.77. The van der Waals surface area contributed by atoms with Crippen molar-refractivity contribution in [1.82, 2.24) is 24.4 Å². The molecule has 2 N–H and O–H groups in total. The molecule has 7 heteroatoms. The quantitative estimate of drug-likeness (QED) is 0.793. The Kier molecular flexibility index (Phi) is 3.33. The van der Waals surface area contributed by atoms with Gasteiger partial charge in [-0.25, -0.2) is 9.78 Å². The summed E-state index contributed by atoms with van der Waals surface area (Å²) in [6, 6.07) is 0. The first-order valence-electron chi connectivity index (χ1n) is 5.89. The van der Waals surface area contributed by atoms with E-state index in [-0.39, 0.29) is 0 Å². The lowest BCUT2D eigenvalue weighted by Gasteiger charge is -2.05. The highest BCUT2D eigenvalue weighted by molar-refractivity contribution is 5.69. The Morgan fingerprint density at radius 3 is 2.61 bits per heavy atom. The second-order valence-corrected chi connectivity index (χ2v) is 4.53. The topological polar surface area (TPSA) is 86.8 Å². The molecule has 2 aromatic rings. The van der Waals surface area contributed by atoms with E-state index in [4.69, 9.17) is 0 Å². The number of aromatic amines is 2. The summed E-state index contributed by atoms with van der Waals surface area (Å²) in [6.07, 6.45) is 0.803. The molecule has 7 nitrogen and oxygen atoms in total. The molecule has 0 aliphatic heterocycles. The van der Waals surface area contributed by atoms with Crippen molar-refractivity contribution in [2.45, 2.75) is 26.4 Å². The molecule has 0 atom stereocenters. The van der Waals surface area contributed by atoms with Crippen LogP contribution in [-0.2, 0) is 13.1 Å². The van der Waals surface area contributed by atoms with E-state index in [1.807, 2.05) is 25.9 Å². The predicted molar refractivity (Wildman–Crippen MR) is 68.7 cm³/mol. The molecule has 2 rings (SSSR count). The van der Waals surface area contributed by atoms with Gasteiger partial charge in [0.2, 0.25) is 0 Å². The van der Waals surface area contributed by atoms with Gasteiger partial charge in [0.1, 0.15) is 11.3 Å². The highest BCUT2D eigenvalue weighted by atomic mass is 16.2. The molecule has 0 spiro atoms. The molecule has 0 aliphatic carbocycles. The molecule has 0 fully saturated rings. The summed E-state index contributed by atoms with van der Waals surface area (Å²) in [7, 11) is 3.83. The minimum absolute atomic E-state index is 0.361. The third kappa shape index (κ3) is 2.21. The number of imidazole rings is 1. The Balaban J connectivity index is 2.65. The summed E-state index contributed by atoms with van der Waals surface area (Å²) < 4.78 is 1.49. The Bertz CT molecular complexity index is 664. The van der Waals surface area contributed by atoms with E-state index in [0.717, 1.165) is 6.42 Å². The zero-order valence-corrected chi connectivity index (χ0v) is 10.8. The van der Waals surface area contributed by atoms with E-state index in [1.54, 1.807) is 0 Å². The van der Waals surface area contributed by atoms with E-state index in [0.29, 0.717) is 30.1 Å². The second-order valence-electron chi connectivity index (χ2n) is 4.53. The molecule has 0 aromatic carbocycles. The first kappa shape index (κ1) is 12.6. The third-order valence-electron chi connectivity index (χ3n) is 2.60. The lowest BCUT2D eigenvalue weighted by Crippen LogP contribution is -2.30. The van der Waals surface area contributed by atoms with Gasteiger partial charge in [-0.3, -0.25) is 14.3 Å². The molecule has 0 aliphatic rings. The number of rotatable bonds is 4. The maximum absolute atomic E-state index is 11.7. The fraction of sp³-hybridized carbons (Fsp3) is 0.545. The van der Waals surface area contributed by atoms with E-state index >= 15 is 0 Å². The van der Waals surface area contributed by atoms with Crippen LogP contribution >= 0.6 is 0 Å². The molecule has 2 heterocycles. The van der Waals surface area contributed by atoms with E-state index < -0.39 is 11.2 Å². The van der Waals surface area contributed by atoms with E-state index in [2.05, 4.69) is 15.0 Å². The van der Waals surface area contributed by atoms with Crippen LogP contribution < -0.4 is 11.2 Å². The summed E-state index contributed by atoms with van der Waals surface area (Å²) in [6.45, 7) is 3.10. The van der Waals surface area contributed by atoms with Gasteiger partial charge in [-0.05, 0) is 20.5 Å². The third-order valence-corrected chi connectivity index (χ3v) is 2.60. The number of hydrogen-bond acceptors (Lipinski definition) is 4. The summed E-state index contributed by atoms with van der Waals surface area (Å²) in [5.74, 6) is 0.677. The smallest absolute Gasteiger partial charge is 0.330 e. The number of H-pyrrole nitrogens is 2. The van der Waals surface area contributed by atoms with Crippen molar-refractivity contribution in [2.75, 3.05) is 14.1 Å². The normalized spacial score (nSPS) is 11.6. The molecule has 2 aromatic heterocycles. The number of hydrogen-bond donors (Lipinski definition) is 2. The van der Waals surface area contributed by atoms with Crippen molar-refractivity contribution in [2.24, 2.45) is 0 Å². The van der Waals surface area contributed by atoms with Crippen LogP contribution in [0.3, 0.4) is 0 Å². The molecule has 0 amide bonds. The zero-order valence-electron chi connectivity index (χ0n) is 10.8. The summed E-state index contributed by atoms with van der Waals surface area (Å²) in [5, 5.41) is 0. The average Bonchev–Trinajstić information content (AvgIpc) is 2.67. The van der Waals surface area contributed by atoms with Gasteiger partial charge in [0.05, 0.1) is 6.54 Å². The van der Waals surface area contributed by atoms with Crippen LogP contribution in [0, 0.1) is 0 Å². The molecule has 98 valence electrons. The molecule has 0 unspecified atom stereocenters. The van der Waals surface area contributed by atoms with E-state index in [1.165, 1.54) is 4.57 Å². The summed E-state index contributed by atoms with van der Waals surface area (Å²) in [5.41, 5.74) is -0.0283. The van der Waals surface area contributed by atoms with Crippen LogP contribution in [0.5, 0.6) is 0 Å². The lowest BCUT2D eigenvalue weighted by atomic mass is 10.4. The number of nitrogens with one attached hydrogen (secondary N) is 2. The van der Waals surface area contributed by atoms with E-state index in [9.17, 15) is 9.59 Å². The van der Waals surface area contributed by atoms with Crippen molar-refractivity contribution in [3.63, 3.8) is 0 Å². The van der Waals surface area contributed by atoms with Crippen molar-refractivity contribution in [1.29, 1.82) is 0 Å². The van der Waals surface area contributed by atoms with Crippen molar-refractivity contribution < 1.29 is 0 Å². The van der Waals surface area contributed by atoms with Crippen LogP contribution in [0.2, 0.25) is 0 Å². The maximum Gasteiger partial charge on any atom is 0.330 e. The van der Waals surface area contributed by atoms with Crippen LogP contribution in [0.4, 0.5) is 0 Å². The molecule has 0 saturated carbocycles. The molecular formula is C11H17N5O2. The van der Waals surface area contributed by atoms with Crippen molar-refractivity contribution in [3.05, 3.63) is 26.7 Å². The fourth-order valence-electron chi connectivity index (χ4n) is 1.89. The average molecular weight is 251 g/mol. The Morgan fingerprint density at radius 2 is 2.00 bits per heavy atom. The zero-order chi connectivity index (χ0) is 13.3. The van der Waals surface area contributed by atoms with Crippen LogP contribution in [0.15, 0.2) is 9.59 Å². The van der Waals surface area contributed by atoms with Crippen molar-refractivity contribution >= 4 is 11.2 Å². The van der Waals surface area contributed by atoms with Gasteiger partial charge in [0.25, 0.3) is 5.56 Å². The predicted octanol–water partition coefficient (Wildman–Crippen LogP) is -0.115. The van der Waals surface area contributed by atoms with Gasteiger partial charge in [0, 0.05) is 6.54 Å². The fourth-order valence-corrected chi connectivity index (χ4v) is 1.89. The molecular weight excluding hydrogens is 234 g/mol. The highest BCUT2D eigenvalue weighted by Gasteiger charge is 2.12. The van der Waals surface area contributed by atoms with Crippen LogP contribution in [-0.4, -0.2) is 38.5 Å². The van der Waals surface area contributed by atoms with Gasteiger partial charge in [0.15, 0.2) is 5.65 Å². The number of fused-ring (bicyclic) bond motifs is 1. The maximum atomic E-state index is 11.7. The minimum Gasteiger partial charge on any atom is -0.335 e. The SMILES string of the molecule is CCCn1c(=O)[nH]c(=O)c2[nH]c(CN(C)C)nc21. The monoisotopic (exact) mass is 251 g/mol. The van der Waals surface area contributed by atoms with Gasteiger partial charge >= 0.3 is 5.69 Å². The van der Waals surface area contributed by atoms with Gasteiger partial charge in [-0.1, -0.05) is 6.92 Å². The lowest BCUT2D eigenvalue weighted by molar-refractivity contribution is 0.392. The summed E-state index contributed by atoms with van der Waals surface area (Å²) in [4.78, 5) is 35.0. The minimum atomic E-state index is -0.417. The number of aromatic nitrogens is 4. The molecule has 0 radical (unpaired) electrons. The van der Waals surface area contributed by atoms with Crippen LogP contribution in [0.1, 0.15) is 19.2 Å². The molecule has 0 bridgehead atoms. The molecule has 18 heavy (non-hydrogen) atoms. The summed E-state index contributed by atoms with van der Waals surface area (Å²) >= 11 is 0.